The summed E-state index contributed by atoms with van der Waals surface area (Å²) in [5.74, 6) is 0. The zero-order chi connectivity index (χ0) is 13.5. The second-order valence-electron chi connectivity index (χ2n) is 7.26. The van der Waals surface area contributed by atoms with Gasteiger partial charge in [0.2, 0.25) is 0 Å². The Morgan fingerprint density at radius 2 is 2.26 bits per heavy atom. The molecular weight excluding hydrogens is 254 g/mol. The lowest BCUT2D eigenvalue weighted by molar-refractivity contribution is 0.268. The lowest BCUT2D eigenvalue weighted by Gasteiger charge is -2.22. The van der Waals surface area contributed by atoms with E-state index in [1.807, 2.05) is 11.3 Å². The summed E-state index contributed by atoms with van der Waals surface area (Å²) in [6.45, 7) is 12.8. The zero-order valence-corrected chi connectivity index (χ0v) is 13.1. The van der Waals surface area contributed by atoms with Gasteiger partial charge in [0.25, 0.3) is 0 Å². The van der Waals surface area contributed by atoms with Crippen LogP contribution in [0.15, 0.2) is 6.20 Å². The van der Waals surface area contributed by atoms with E-state index in [1.54, 1.807) is 0 Å². The van der Waals surface area contributed by atoms with Crippen LogP contribution in [0.25, 0.3) is 0 Å². The van der Waals surface area contributed by atoms with Crippen molar-refractivity contribution in [2.45, 2.75) is 45.6 Å². The molecule has 1 N–H and O–H groups in total. The molecule has 1 atom stereocenters. The Balaban J connectivity index is 1.62. The number of hydrogen-bond acceptors (Lipinski definition) is 4. The minimum Gasteiger partial charge on any atom is -0.316 e. The number of rotatable bonds is 2. The number of likely N-dealkylation sites (tertiary alicyclic amines) is 1. The van der Waals surface area contributed by atoms with Crippen LogP contribution in [0.1, 0.15) is 43.5 Å². The Hall–Kier alpha value is -0.450. The van der Waals surface area contributed by atoms with Gasteiger partial charge in [-0.3, -0.25) is 4.90 Å². The van der Waals surface area contributed by atoms with E-state index in [9.17, 15) is 0 Å². The van der Waals surface area contributed by atoms with Crippen molar-refractivity contribution in [3.8, 4) is 0 Å². The largest absolute Gasteiger partial charge is 0.316 e. The van der Waals surface area contributed by atoms with Crippen LogP contribution in [0.3, 0.4) is 0 Å². The third-order valence-corrected chi connectivity index (χ3v) is 5.91. The molecule has 1 spiro atoms. The SMILES string of the molecule is CC(C)(C)c1cnc(CN2CCC3(CCNC3)C2)s1. The van der Waals surface area contributed by atoms with Gasteiger partial charge in [0, 0.05) is 24.2 Å². The van der Waals surface area contributed by atoms with Gasteiger partial charge in [-0.2, -0.15) is 0 Å². The van der Waals surface area contributed by atoms with Crippen molar-refractivity contribution in [1.29, 1.82) is 0 Å². The summed E-state index contributed by atoms with van der Waals surface area (Å²) < 4.78 is 0. The van der Waals surface area contributed by atoms with Gasteiger partial charge < -0.3 is 5.32 Å². The maximum atomic E-state index is 4.62. The first-order chi connectivity index (χ1) is 8.97. The third kappa shape index (κ3) is 2.86. The predicted molar refractivity (Wildman–Crippen MR) is 80.6 cm³/mol. The average molecular weight is 279 g/mol. The van der Waals surface area contributed by atoms with Crippen LogP contribution in [-0.2, 0) is 12.0 Å². The molecule has 3 nitrogen and oxygen atoms in total. The van der Waals surface area contributed by atoms with Gasteiger partial charge in [0.1, 0.15) is 5.01 Å². The first-order valence-electron chi connectivity index (χ1n) is 7.35. The molecule has 2 aliphatic heterocycles. The number of thiazole rings is 1. The molecule has 106 valence electrons. The molecule has 0 bridgehead atoms. The normalized spacial score (nSPS) is 28.6. The average Bonchev–Trinajstić information content (AvgIpc) is 3.01. The fourth-order valence-electron chi connectivity index (χ4n) is 3.23. The molecule has 1 aromatic rings. The van der Waals surface area contributed by atoms with Crippen LogP contribution in [0.4, 0.5) is 0 Å². The van der Waals surface area contributed by atoms with E-state index < -0.39 is 0 Å². The maximum absolute atomic E-state index is 4.62. The van der Waals surface area contributed by atoms with Crippen LogP contribution in [0, 0.1) is 5.41 Å². The highest BCUT2D eigenvalue weighted by molar-refractivity contribution is 7.11. The van der Waals surface area contributed by atoms with Gasteiger partial charge in [-0.05, 0) is 36.8 Å². The summed E-state index contributed by atoms with van der Waals surface area (Å²) in [5.41, 5.74) is 0.807. The van der Waals surface area contributed by atoms with Gasteiger partial charge in [-0.25, -0.2) is 4.98 Å². The molecule has 0 amide bonds. The van der Waals surface area contributed by atoms with Crippen LogP contribution < -0.4 is 5.32 Å². The van der Waals surface area contributed by atoms with E-state index in [0.717, 1.165) is 6.54 Å². The van der Waals surface area contributed by atoms with E-state index in [-0.39, 0.29) is 5.41 Å². The predicted octanol–water partition coefficient (Wildman–Crippen LogP) is 2.63. The maximum Gasteiger partial charge on any atom is 0.107 e. The van der Waals surface area contributed by atoms with Gasteiger partial charge in [-0.15, -0.1) is 11.3 Å². The third-order valence-electron chi connectivity index (χ3n) is 4.50. The van der Waals surface area contributed by atoms with Gasteiger partial charge >= 0.3 is 0 Å². The molecule has 1 aromatic heterocycles. The molecule has 1 unspecified atom stereocenters. The number of nitrogens with one attached hydrogen (secondary N) is 1. The highest BCUT2D eigenvalue weighted by Crippen LogP contribution is 2.37. The van der Waals surface area contributed by atoms with Crippen LogP contribution in [-0.4, -0.2) is 36.1 Å². The van der Waals surface area contributed by atoms with Gasteiger partial charge in [-0.1, -0.05) is 20.8 Å². The molecule has 0 radical (unpaired) electrons. The molecule has 2 fully saturated rings. The molecule has 0 aromatic carbocycles. The van der Waals surface area contributed by atoms with Crippen molar-refractivity contribution in [3.05, 3.63) is 16.1 Å². The van der Waals surface area contributed by atoms with E-state index in [2.05, 4.69) is 42.2 Å². The topological polar surface area (TPSA) is 28.2 Å². The summed E-state index contributed by atoms with van der Waals surface area (Å²) in [6.07, 6.45) is 4.79. The molecule has 0 aliphatic carbocycles. The molecule has 2 aliphatic rings. The highest BCUT2D eigenvalue weighted by Gasteiger charge is 2.40. The molecule has 4 heteroatoms. The molecule has 3 rings (SSSR count). The summed E-state index contributed by atoms with van der Waals surface area (Å²) in [6, 6.07) is 0. The lowest BCUT2D eigenvalue weighted by Crippen LogP contribution is -2.28. The Morgan fingerprint density at radius 1 is 1.42 bits per heavy atom. The van der Waals surface area contributed by atoms with E-state index in [4.69, 9.17) is 0 Å². The molecule has 2 saturated heterocycles. The molecule has 19 heavy (non-hydrogen) atoms. The smallest absolute Gasteiger partial charge is 0.107 e. The first kappa shape index (κ1) is 13.5. The van der Waals surface area contributed by atoms with Crippen molar-refractivity contribution in [1.82, 2.24) is 15.2 Å². The Morgan fingerprint density at radius 3 is 2.89 bits per heavy atom. The quantitative estimate of drug-likeness (QED) is 0.902. The molecule has 3 heterocycles. The van der Waals surface area contributed by atoms with Crippen molar-refractivity contribution in [2.24, 2.45) is 5.41 Å². The Bertz CT molecular complexity index is 440. The van der Waals surface area contributed by atoms with E-state index in [1.165, 1.54) is 48.9 Å². The van der Waals surface area contributed by atoms with Gasteiger partial charge in [0.05, 0.1) is 6.54 Å². The second kappa shape index (κ2) is 4.83. The molecular formula is C15H25N3S. The van der Waals surface area contributed by atoms with Crippen LogP contribution >= 0.6 is 11.3 Å². The summed E-state index contributed by atoms with van der Waals surface area (Å²) in [5, 5.41) is 4.81. The number of nitrogens with zero attached hydrogens (tertiary/aromatic N) is 2. The fourth-order valence-corrected chi connectivity index (χ4v) is 4.25. The van der Waals surface area contributed by atoms with Crippen molar-refractivity contribution >= 4 is 11.3 Å². The van der Waals surface area contributed by atoms with E-state index in [0.29, 0.717) is 5.41 Å². The Labute approximate surface area is 120 Å². The van der Waals surface area contributed by atoms with Crippen molar-refractivity contribution in [3.63, 3.8) is 0 Å². The number of hydrogen-bond donors (Lipinski definition) is 1. The fraction of sp³-hybridized carbons (Fsp3) is 0.800. The minimum atomic E-state index is 0.234. The van der Waals surface area contributed by atoms with E-state index >= 15 is 0 Å². The summed E-state index contributed by atoms with van der Waals surface area (Å²) >= 11 is 1.89. The second-order valence-corrected chi connectivity index (χ2v) is 8.37. The summed E-state index contributed by atoms with van der Waals surface area (Å²) in [4.78, 5) is 8.62. The van der Waals surface area contributed by atoms with Gasteiger partial charge in [0.15, 0.2) is 0 Å². The zero-order valence-electron chi connectivity index (χ0n) is 12.3. The molecule has 0 saturated carbocycles. The lowest BCUT2D eigenvalue weighted by atomic mass is 9.87. The first-order valence-corrected chi connectivity index (χ1v) is 8.17. The van der Waals surface area contributed by atoms with Crippen LogP contribution in [0.2, 0.25) is 0 Å². The van der Waals surface area contributed by atoms with Crippen molar-refractivity contribution in [2.75, 3.05) is 26.2 Å². The summed E-state index contributed by atoms with van der Waals surface area (Å²) in [7, 11) is 0. The van der Waals surface area contributed by atoms with Crippen molar-refractivity contribution < 1.29 is 0 Å². The highest BCUT2D eigenvalue weighted by atomic mass is 32.1. The minimum absolute atomic E-state index is 0.234. The van der Waals surface area contributed by atoms with Crippen LogP contribution in [0.5, 0.6) is 0 Å². The standard InChI is InChI=1S/C15H25N3S/c1-14(2,3)12-8-17-13(19-12)9-18-7-5-15(11-18)4-6-16-10-15/h8,16H,4-7,9-11H2,1-3H3. The monoisotopic (exact) mass is 279 g/mol. The number of aromatic nitrogens is 1. The Kier molecular flexibility index (Phi) is 3.44.